The number of aromatic nitrogens is 4. The minimum absolute atomic E-state index is 0.505. The van der Waals surface area contributed by atoms with Gasteiger partial charge in [0.15, 0.2) is 5.01 Å². The summed E-state index contributed by atoms with van der Waals surface area (Å²) in [6, 6.07) is 0.505. The zero-order chi connectivity index (χ0) is 12.1. The second-order valence-corrected chi connectivity index (χ2v) is 5.05. The molecule has 0 aliphatic carbocycles. The van der Waals surface area contributed by atoms with Gasteiger partial charge in [-0.2, -0.15) is 0 Å². The maximum atomic E-state index is 4.16. The van der Waals surface area contributed by atoms with Crippen LogP contribution in [0.25, 0.3) is 10.6 Å². The predicted octanol–water partition coefficient (Wildman–Crippen LogP) is 1.54. The molecule has 0 amide bonds. The first-order chi connectivity index (χ1) is 8.25. The SMILES string of the molecule is CC(C)NCCc1nnc(-c2cncnc2)s1. The lowest BCUT2D eigenvalue weighted by Gasteiger charge is -2.04. The lowest BCUT2D eigenvalue weighted by atomic mass is 10.3. The molecule has 5 nitrogen and oxygen atoms in total. The summed E-state index contributed by atoms with van der Waals surface area (Å²) in [5.74, 6) is 0. The summed E-state index contributed by atoms with van der Waals surface area (Å²) in [6.45, 7) is 5.19. The van der Waals surface area contributed by atoms with Crippen molar-refractivity contribution in [2.75, 3.05) is 6.54 Å². The second kappa shape index (κ2) is 5.79. The van der Waals surface area contributed by atoms with Gasteiger partial charge in [-0.05, 0) is 0 Å². The Labute approximate surface area is 104 Å². The summed E-state index contributed by atoms with van der Waals surface area (Å²) < 4.78 is 0. The molecule has 0 bridgehead atoms. The molecule has 0 aliphatic heterocycles. The average molecular weight is 249 g/mol. The van der Waals surface area contributed by atoms with Crippen molar-refractivity contribution >= 4 is 11.3 Å². The van der Waals surface area contributed by atoms with Crippen LogP contribution in [0.2, 0.25) is 0 Å². The average Bonchev–Trinajstić information content (AvgIpc) is 2.78. The van der Waals surface area contributed by atoms with Gasteiger partial charge in [0, 0.05) is 37.0 Å². The van der Waals surface area contributed by atoms with E-state index >= 15 is 0 Å². The smallest absolute Gasteiger partial charge is 0.150 e. The predicted molar refractivity (Wildman–Crippen MR) is 67.8 cm³/mol. The highest BCUT2D eigenvalue weighted by Crippen LogP contribution is 2.21. The maximum absolute atomic E-state index is 4.16. The molecule has 2 aromatic rings. The third-order valence-corrected chi connectivity index (χ3v) is 3.20. The summed E-state index contributed by atoms with van der Waals surface area (Å²) in [4.78, 5) is 7.94. The van der Waals surface area contributed by atoms with Gasteiger partial charge in [-0.15, -0.1) is 10.2 Å². The van der Waals surface area contributed by atoms with E-state index in [1.54, 1.807) is 23.7 Å². The van der Waals surface area contributed by atoms with Crippen LogP contribution in [0.3, 0.4) is 0 Å². The summed E-state index contributed by atoms with van der Waals surface area (Å²) in [7, 11) is 0. The minimum Gasteiger partial charge on any atom is -0.314 e. The van der Waals surface area contributed by atoms with Crippen LogP contribution in [-0.2, 0) is 6.42 Å². The first-order valence-electron chi connectivity index (χ1n) is 5.57. The molecule has 6 heteroatoms. The number of nitrogens with one attached hydrogen (secondary N) is 1. The van der Waals surface area contributed by atoms with Crippen molar-refractivity contribution in [2.24, 2.45) is 0 Å². The van der Waals surface area contributed by atoms with Gasteiger partial charge in [0.2, 0.25) is 0 Å². The number of nitrogens with zero attached hydrogens (tertiary/aromatic N) is 4. The molecule has 1 N–H and O–H groups in total. The van der Waals surface area contributed by atoms with E-state index in [0.29, 0.717) is 6.04 Å². The van der Waals surface area contributed by atoms with E-state index in [-0.39, 0.29) is 0 Å². The molecule has 0 spiro atoms. The van der Waals surface area contributed by atoms with Gasteiger partial charge in [0.05, 0.1) is 0 Å². The Hall–Kier alpha value is -1.40. The van der Waals surface area contributed by atoms with Crippen molar-refractivity contribution in [1.82, 2.24) is 25.5 Å². The van der Waals surface area contributed by atoms with E-state index < -0.39 is 0 Å². The standard InChI is InChI=1S/C11H15N5S/c1-8(2)14-4-3-10-15-16-11(17-10)9-5-12-7-13-6-9/h5-8,14H,3-4H2,1-2H3. The van der Waals surface area contributed by atoms with Crippen molar-refractivity contribution < 1.29 is 0 Å². The first-order valence-corrected chi connectivity index (χ1v) is 6.38. The summed E-state index contributed by atoms with van der Waals surface area (Å²) >= 11 is 1.60. The maximum Gasteiger partial charge on any atom is 0.150 e. The molecule has 0 radical (unpaired) electrons. The molecule has 90 valence electrons. The Kier molecular flexibility index (Phi) is 4.11. The van der Waals surface area contributed by atoms with Gasteiger partial charge in [0.25, 0.3) is 0 Å². The van der Waals surface area contributed by atoms with Crippen LogP contribution in [0.5, 0.6) is 0 Å². The van der Waals surface area contributed by atoms with Crippen molar-refractivity contribution in [3.8, 4) is 10.6 Å². The number of hydrogen-bond acceptors (Lipinski definition) is 6. The third-order valence-electron chi connectivity index (χ3n) is 2.17. The lowest BCUT2D eigenvalue weighted by Crippen LogP contribution is -2.24. The molecule has 17 heavy (non-hydrogen) atoms. The summed E-state index contributed by atoms with van der Waals surface area (Å²) in [6.07, 6.45) is 5.93. The van der Waals surface area contributed by atoms with Crippen LogP contribution in [0.15, 0.2) is 18.7 Å². The van der Waals surface area contributed by atoms with E-state index in [2.05, 4.69) is 39.3 Å². The van der Waals surface area contributed by atoms with E-state index in [1.807, 2.05) is 0 Å². The molecule has 0 saturated heterocycles. The normalized spacial score (nSPS) is 11.0. The van der Waals surface area contributed by atoms with Crippen LogP contribution in [-0.4, -0.2) is 32.8 Å². The van der Waals surface area contributed by atoms with E-state index in [4.69, 9.17) is 0 Å². The van der Waals surface area contributed by atoms with Gasteiger partial charge in [-0.1, -0.05) is 25.2 Å². The molecule has 0 unspecified atom stereocenters. The highest BCUT2D eigenvalue weighted by atomic mass is 32.1. The Morgan fingerprint density at radius 3 is 2.71 bits per heavy atom. The highest BCUT2D eigenvalue weighted by Gasteiger charge is 2.06. The first kappa shape index (κ1) is 12.1. The van der Waals surface area contributed by atoms with Crippen molar-refractivity contribution in [2.45, 2.75) is 26.3 Å². The molecule has 0 atom stereocenters. The van der Waals surface area contributed by atoms with Crippen LogP contribution in [0.4, 0.5) is 0 Å². The zero-order valence-electron chi connectivity index (χ0n) is 9.92. The zero-order valence-corrected chi connectivity index (χ0v) is 10.7. The molecule has 0 aliphatic rings. The second-order valence-electron chi connectivity index (χ2n) is 3.99. The van der Waals surface area contributed by atoms with Gasteiger partial charge in [0.1, 0.15) is 11.3 Å². The summed E-state index contributed by atoms with van der Waals surface area (Å²) in [5.41, 5.74) is 0.924. The fourth-order valence-electron chi connectivity index (χ4n) is 1.35. The molecule has 0 aromatic carbocycles. The molecular formula is C11H15N5S. The van der Waals surface area contributed by atoms with Gasteiger partial charge >= 0.3 is 0 Å². The number of hydrogen-bond donors (Lipinski definition) is 1. The third kappa shape index (κ3) is 3.54. The van der Waals surface area contributed by atoms with E-state index in [0.717, 1.165) is 28.5 Å². The van der Waals surface area contributed by atoms with Crippen molar-refractivity contribution in [1.29, 1.82) is 0 Å². The molecule has 0 fully saturated rings. The van der Waals surface area contributed by atoms with Gasteiger partial charge < -0.3 is 5.32 Å². The van der Waals surface area contributed by atoms with Crippen LogP contribution >= 0.6 is 11.3 Å². The van der Waals surface area contributed by atoms with Crippen LogP contribution in [0, 0.1) is 0 Å². The summed E-state index contributed by atoms with van der Waals surface area (Å²) in [5, 5.41) is 13.6. The molecular weight excluding hydrogens is 234 g/mol. The fourth-order valence-corrected chi connectivity index (χ4v) is 2.16. The monoisotopic (exact) mass is 249 g/mol. The van der Waals surface area contributed by atoms with E-state index in [9.17, 15) is 0 Å². The Morgan fingerprint density at radius 2 is 2.00 bits per heavy atom. The van der Waals surface area contributed by atoms with Crippen molar-refractivity contribution in [3.63, 3.8) is 0 Å². The molecule has 0 saturated carbocycles. The Balaban J connectivity index is 1.97. The lowest BCUT2D eigenvalue weighted by molar-refractivity contribution is 0.588. The van der Waals surface area contributed by atoms with Crippen LogP contribution in [0.1, 0.15) is 18.9 Å². The molecule has 2 rings (SSSR count). The Morgan fingerprint density at radius 1 is 1.24 bits per heavy atom. The highest BCUT2D eigenvalue weighted by molar-refractivity contribution is 7.14. The Bertz CT molecular complexity index is 454. The largest absolute Gasteiger partial charge is 0.314 e. The van der Waals surface area contributed by atoms with Crippen LogP contribution < -0.4 is 5.32 Å². The topological polar surface area (TPSA) is 63.6 Å². The van der Waals surface area contributed by atoms with Crippen molar-refractivity contribution in [3.05, 3.63) is 23.7 Å². The molecule has 2 heterocycles. The van der Waals surface area contributed by atoms with Gasteiger partial charge in [-0.3, -0.25) is 0 Å². The number of rotatable bonds is 5. The minimum atomic E-state index is 0.505. The fraction of sp³-hybridized carbons (Fsp3) is 0.455. The quantitative estimate of drug-likeness (QED) is 0.870. The van der Waals surface area contributed by atoms with E-state index in [1.165, 1.54) is 6.33 Å². The molecule has 2 aromatic heterocycles. The van der Waals surface area contributed by atoms with Gasteiger partial charge in [-0.25, -0.2) is 9.97 Å².